The number of nitro benzene ring substituents is 1. The van der Waals surface area contributed by atoms with Crippen molar-refractivity contribution in [3.63, 3.8) is 0 Å². The van der Waals surface area contributed by atoms with Crippen LogP contribution in [0, 0.1) is 10.1 Å². The average Bonchev–Trinajstić information content (AvgIpc) is 3.41. The van der Waals surface area contributed by atoms with Crippen molar-refractivity contribution >= 4 is 43.2 Å². The van der Waals surface area contributed by atoms with Gasteiger partial charge in [0.05, 0.1) is 20.0 Å². The maximum Gasteiger partial charge on any atom is 0.279 e. The Labute approximate surface area is 182 Å². The lowest BCUT2D eigenvalue weighted by molar-refractivity contribution is -0.384. The highest BCUT2D eigenvalue weighted by molar-refractivity contribution is 7.89. The van der Waals surface area contributed by atoms with Crippen molar-refractivity contribution in [1.82, 2.24) is 8.87 Å². The van der Waals surface area contributed by atoms with Crippen LogP contribution in [0.2, 0.25) is 0 Å². The summed E-state index contributed by atoms with van der Waals surface area (Å²) in [4.78, 5) is 28.1. The first kappa shape index (κ1) is 21.3. The van der Waals surface area contributed by atoms with Gasteiger partial charge in [0.25, 0.3) is 11.6 Å². The molecule has 0 radical (unpaired) electrons. The fourth-order valence-electron chi connectivity index (χ4n) is 3.56. The Hall–Kier alpha value is -2.89. The predicted molar refractivity (Wildman–Crippen MR) is 116 cm³/mol. The molecule has 0 spiro atoms. The summed E-state index contributed by atoms with van der Waals surface area (Å²) in [6, 6.07) is 10.3. The van der Waals surface area contributed by atoms with Gasteiger partial charge in [0.15, 0.2) is 4.80 Å². The molecule has 2 heterocycles. The molecule has 2 aromatic carbocycles. The number of carbonyl (C=O) groups excluding carboxylic acids is 1. The molecule has 1 fully saturated rings. The van der Waals surface area contributed by atoms with E-state index in [4.69, 9.17) is 0 Å². The van der Waals surface area contributed by atoms with Crippen LogP contribution in [-0.2, 0) is 16.6 Å². The molecule has 162 valence electrons. The van der Waals surface area contributed by atoms with Crippen molar-refractivity contribution in [2.24, 2.45) is 4.99 Å². The van der Waals surface area contributed by atoms with Crippen LogP contribution in [-0.4, -0.2) is 41.2 Å². The van der Waals surface area contributed by atoms with Gasteiger partial charge in [-0.1, -0.05) is 11.3 Å². The summed E-state index contributed by atoms with van der Waals surface area (Å²) in [5.74, 6) is -0.506. The van der Waals surface area contributed by atoms with Crippen LogP contribution in [0.4, 0.5) is 5.69 Å². The third-order valence-electron chi connectivity index (χ3n) is 5.19. The zero-order chi connectivity index (χ0) is 22.2. The molecule has 1 amide bonds. The molecule has 0 saturated carbocycles. The number of aromatic nitrogens is 1. The summed E-state index contributed by atoms with van der Waals surface area (Å²) in [7, 11) is -3.54. The van der Waals surface area contributed by atoms with Crippen molar-refractivity contribution in [1.29, 1.82) is 0 Å². The lowest BCUT2D eigenvalue weighted by Crippen LogP contribution is -2.27. The molecule has 0 N–H and O–H groups in total. The van der Waals surface area contributed by atoms with E-state index in [9.17, 15) is 23.3 Å². The number of thiazole rings is 1. The first-order chi connectivity index (χ1) is 14.8. The Kier molecular flexibility index (Phi) is 5.73. The number of fused-ring (bicyclic) bond motifs is 1. The SMILES string of the molecule is CCn1c(=NC(=O)c2ccc(S(=O)(=O)N3CCCC3)cc2)sc2cc([N+](=O)[O-])ccc21. The lowest BCUT2D eigenvalue weighted by atomic mass is 10.2. The van der Waals surface area contributed by atoms with Gasteiger partial charge in [-0.15, -0.1) is 0 Å². The van der Waals surface area contributed by atoms with Gasteiger partial charge in [0.1, 0.15) is 0 Å². The number of non-ortho nitro benzene ring substituents is 1. The Morgan fingerprint density at radius 1 is 1.16 bits per heavy atom. The second-order valence-electron chi connectivity index (χ2n) is 7.09. The highest BCUT2D eigenvalue weighted by Gasteiger charge is 2.27. The van der Waals surface area contributed by atoms with E-state index in [2.05, 4.69) is 4.99 Å². The van der Waals surface area contributed by atoms with Crippen molar-refractivity contribution < 1.29 is 18.1 Å². The van der Waals surface area contributed by atoms with E-state index in [1.54, 1.807) is 6.07 Å². The summed E-state index contributed by atoms with van der Waals surface area (Å²) in [5.41, 5.74) is 1.01. The van der Waals surface area contributed by atoms with Gasteiger partial charge in [0.2, 0.25) is 10.0 Å². The first-order valence-electron chi connectivity index (χ1n) is 9.78. The average molecular weight is 461 g/mol. The molecule has 4 rings (SSSR count). The Morgan fingerprint density at radius 3 is 2.45 bits per heavy atom. The highest BCUT2D eigenvalue weighted by Crippen LogP contribution is 2.24. The molecule has 0 atom stereocenters. The molecule has 1 aliphatic rings. The minimum absolute atomic E-state index is 0.0234. The van der Waals surface area contributed by atoms with Crippen molar-refractivity contribution in [2.75, 3.05) is 13.1 Å². The fraction of sp³-hybridized carbons (Fsp3) is 0.300. The summed E-state index contributed by atoms with van der Waals surface area (Å²) in [6.45, 7) is 3.46. The minimum atomic E-state index is -3.54. The van der Waals surface area contributed by atoms with E-state index >= 15 is 0 Å². The van der Waals surface area contributed by atoms with Crippen molar-refractivity contribution in [3.05, 3.63) is 62.9 Å². The van der Waals surface area contributed by atoms with Crippen molar-refractivity contribution in [2.45, 2.75) is 31.2 Å². The van der Waals surface area contributed by atoms with Gasteiger partial charge in [0, 0.05) is 37.3 Å². The summed E-state index contributed by atoms with van der Waals surface area (Å²) >= 11 is 1.20. The lowest BCUT2D eigenvalue weighted by Gasteiger charge is -2.15. The standard InChI is InChI=1S/C20H20N4O5S2/c1-2-23-17-10-7-15(24(26)27)13-18(17)30-20(23)21-19(25)14-5-8-16(9-6-14)31(28,29)22-11-3-4-12-22/h5-10,13H,2-4,11-12H2,1H3. The Morgan fingerprint density at radius 2 is 1.84 bits per heavy atom. The molecular weight excluding hydrogens is 440 g/mol. The van der Waals surface area contributed by atoms with E-state index in [0.29, 0.717) is 29.1 Å². The molecule has 0 aliphatic carbocycles. The number of nitro groups is 1. The molecule has 1 saturated heterocycles. The second kappa shape index (κ2) is 8.33. The van der Waals surface area contributed by atoms with E-state index in [1.807, 2.05) is 11.5 Å². The van der Waals surface area contributed by atoms with Gasteiger partial charge >= 0.3 is 0 Å². The third kappa shape index (κ3) is 4.03. The number of aryl methyl sites for hydroxylation is 1. The van der Waals surface area contributed by atoms with Gasteiger partial charge in [-0.2, -0.15) is 9.30 Å². The number of nitrogens with zero attached hydrogens (tertiary/aromatic N) is 4. The topological polar surface area (TPSA) is 115 Å². The van der Waals surface area contributed by atoms with Crippen molar-refractivity contribution in [3.8, 4) is 0 Å². The fourth-order valence-corrected chi connectivity index (χ4v) is 6.21. The molecule has 3 aromatic rings. The molecule has 0 bridgehead atoms. The van der Waals surface area contributed by atoms with E-state index in [0.717, 1.165) is 18.4 Å². The number of sulfonamides is 1. The number of hydrogen-bond donors (Lipinski definition) is 0. The molecule has 9 nitrogen and oxygen atoms in total. The summed E-state index contributed by atoms with van der Waals surface area (Å²) in [6.07, 6.45) is 1.70. The maximum absolute atomic E-state index is 12.7. The van der Waals surface area contributed by atoms with Crippen LogP contribution < -0.4 is 4.80 Å². The largest absolute Gasteiger partial charge is 0.317 e. The maximum atomic E-state index is 12.7. The summed E-state index contributed by atoms with van der Waals surface area (Å²) in [5, 5.41) is 11.0. The first-order valence-corrected chi connectivity index (χ1v) is 12.0. The molecule has 1 aromatic heterocycles. The van der Waals surface area contributed by atoms with Gasteiger partial charge in [-0.25, -0.2) is 8.42 Å². The van der Waals surface area contributed by atoms with E-state index in [-0.39, 0.29) is 16.1 Å². The van der Waals surface area contributed by atoms with E-state index in [1.165, 1.54) is 52.0 Å². The molecule has 1 aliphatic heterocycles. The molecule has 31 heavy (non-hydrogen) atoms. The van der Waals surface area contributed by atoms with Crippen LogP contribution in [0.25, 0.3) is 10.2 Å². The zero-order valence-corrected chi connectivity index (χ0v) is 18.4. The van der Waals surface area contributed by atoms with Crippen LogP contribution in [0.1, 0.15) is 30.1 Å². The highest BCUT2D eigenvalue weighted by atomic mass is 32.2. The molecule has 11 heteroatoms. The predicted octanol–water partition coefficient (Wildman–Crippen LogP) is 3.16. The number of amides is 1. The van der Waals surface area contributed by atoms with Gasteiger partial charge in [-0.3, -0.25) is 14.9 Å². The number of rotatable bonds is 5. The van der Waals surface area contributed by atoms with Gasteiger partial charge < -0.3 is 4.57 Å². The quantitative estimate of drug-likeness (QED) is 0.428. The number of benzene rings is 2. The van der Waals surface area contributed by atoms with Crippen LogP contribution in [0.5, 0.6) is 0 Å². The smallest absolute Gasteiger partial charge is 0.279 e. The van der Waals surface area contributed by atoms with E-state index < -0.39 is 20.9 Å². The number of hydrogen-bond acceptors (Lipinski definition) is 6. The second-order valence-corrected chi connectivity index (χ2v) is 10.0. The van der Waals surface area contributed by atoms with Crippen LogP contribution in [0.3, 0.4) is 0 Å². The Balaban J connectivity index is 1.67. The summed E-state index contributed by atoms with van der Waals surface area (Å²) < 4.78 is 29.2. The van der Waals surface area contributed by atoms with Crippen LogP contribution in [0.15, 0.2) is 52.4 Å². The molecular formula is C20H20N4O5S2. The van der Waals surface area contributed by atoms with Gasteiger partial charge in [-0.05, 0) is 50.1 Å². The van der Waals surface area contributed by atoms with Crippen LogP contribution >= 0.6 is 11.3 Å². The normalized spacial score (nSPS) is 15.6. The third-order valence-corrected chi connectivity index (χ3v) is 8.15. The minimum Gasteiger partial charge on any atom is -0.317 e. The monoisotopic (exact) mass is 460 g/mol. The Bertz CT molecular complexity index is 1330. The zero-order valence-electron chi connectivity index (χ0n) is 16.7. The number of carbonyl (C=O) groups is 1. The molecule has 0 unspecified atom stereocenters.